The second kappa shape index (κ2) is 5.46. The van der Waals surface area contributed by atoms with Gasteiger partial charge in [-0.25, -0.2) is 13.1 Å². The molecule has 2 heterocycles. The summed E-state index contributed by atoms with van der Waals surface area (Å²) < 4.78 is 27.6. The monoisotopic (exact) mass is 334 g/mol. The highest BCUT2D eigenvalue weighted by Crippen LogP contribution is 2.29. The molecule has 7 heteroatoms. The van der Waals surface area contributed by atoms with Crippen LogP contribution in [0.3, 0.4) is 0 Å². The number of piperidine rings is 1. The Morgan fingerprint density at radius 1 is 1.15 bits per heavy atom. The zero-order valence-corrected chi connectivity index (χ0v) is 13.1. The van der Waals surface area contributed by atoms with Crippen LogP contribution in [0.1, 0.15) is 25.7 Å². The summed E-state index contributed by atoms with van der Waals surface area (Å²) in [6.45, 7) is 0. The molecule has 2 bridgehead atoms. The van der Waals surface area contributed by atoms with Gasteiger partial charge < -0.3 is 5.32 Å². The van der Waals surface area contributed by atoms with Crippen LogP contribution in [-0.4, -0.2) is 26.5 Å². The van der Waals surface area contributed by atoms with Crippen LogP contribution in [0.4, 0.5) is 0 Å². The van der Waals surface area contributed by atoms with Crippen molar-refractivity contribution < 1.29 is 8.42 Å². The lowest BCUT2D eigenvalue weighted by Gasteiger charge is -2.29. The van der Waals surface area contributed by atoms with E-state index in [2.05, 4.69) is 10.0 Å². The van der Waals surface area contributed by atoms with Crippen LogP contribution >= 0.6 is 23.2 Å². The van der Waals surface area contributed by atoms with Crippen molar-refractivity contribution in [1.29, 1.82) is 0 Å². The zero-order chi connectivity index (χ0) is 14.3. The summed E-state index contributed by atoms with van der Waals surface area (Å²) in [6.07, 6.45) is 3.93. The van der Waals surface area contributed by atoms with Gasteiger partial charge in [-0.1, -0.05) is 23.2 Å². The van der Waals surface area contributed by atoms with Crippen LogP contribution in [0.2, 0.25) is 10.0 Å². The van der Waals surface area contributed by atoms with Crippen molar-refractivity contribution in [2.45, 2.75) is 48.7 Å². The molecule has 110 valence electrons. The summed E-state index contributed by atoms with van der Waals surface area (Å²) in [5.74, 6) is 0. The first-order valence-electron chi connectivity index (χ1n) is 6.67. The van der Waals surface area contributed by atoms with Crippen LogP contribution in [0.15, 0.2) is 23.1 Å². The van der Waals surface area contributed by atoms with Gasteiger partial charge in [0.2, 0.25) is 10.0 Å². The Kier molecular flexibility index (Phi) is 3.99. The van der Waals surface area contributed by atoms with E-state index in [1.54, 1.807) is 0 Å². The van der Waals surface area contributed by atoms with E-state index in [0.29, 0.717) is 17.1 Å². The smallest absolute Gasteiger partial charge is 0.242 e. The van der Waals surface area contributed by atoms with Crippen molar-refractivity contribution in [3.63, 3.8) is 0 Å². The fourth-order valence-electron chi connectivity index (χ4n) is 3.13. The maximum atomic E-state index is 12.4. The van der Waals surface area contributed by atoms with Gasteiger partial charge in [0.15, 0.2) is 0 Å². The van der Waals surface area contributed by atoms with Crippen LogP contribution in [0.25, 0.3) is 0 Å². The van der Waals surface area contributed by atoms with Gasteiger partial charge in [-0.15, -0.1) is 0 Å². The molecule has 20 heavy (non-hydrogen) atoms. The van der Waals surface area contributed by atoms with E-state index in [9.17, 15) is 8.42 Å². The molecule has 2 aliphatic rings. The average molecular weight is 335 g/mol. The maximum absolute atomic E-state index is 12.4. The Bertz CT molecular complexity index is 609. The van der Waals surface area contributed by atoms with E-state index in [1.807, 2.05) is 0 Å². The van der Waals surface area contributed by atoms with Crippen molar-refractivity contribution in [1.82, 2.24) is 10.0 Å². The lowest BCUT2D eigenvalue weighted by atomic mass is 10.0. The molecule has 0 saturated carbocycles. The lowest BCUT2D eigenvalue weighted by Crippen LogP contribution is -2.47. The van der Waals surface area contributed by atoms with Gasteiger partial charge in [0.05, 0.1) is 5.02 Å². The number of fused-ring (bicyclic) bond motifs is 2. The topological polar surface area (TPSA) is 58.2 Å². The predicted molar refractivity (Wildman–Crippen MR) is 79.8 cm³/mol. The van der Waals surface area contributed by atoms with Crippen LogP contribution in [-0.2, 0) is 10.0 Å². The summed E-state index contributed by atoms with van der Waals surface area (Å²) >= 11 is 11.8. The number of hydrogen-bond acceptors (Lipinski definition) is 3. The molecule has 2 fully saturated rings. The Balaban J connectivity index is 1.78. The number of nitrogens with one attached hydrogen (secondary N) is 2. The van der Waals surface area contributed by atoms with Gasteiger partial charge in [0.25, 0.3) is 0 Å². The van der Waals surface area contributed by atoms with Crippen molar-refractivity contribution in [2.24, 2.45) is 0 Å². The maximum Gasteiger partial charge on any atom is 0.242 e. The number of sulfonamides is 1. The second-order valence-corrected chi connectivity index (χ2v) is 8.03. The molecule has 2 unspecified atom stereocenters. The fraction of sp³-hybridized carbons (Fsp3) is 0.538. The Labute approximate surface area is 128 Å². The fourth-order valence-corrected chi connectivity index (χ4v) is 5.16. The summed E-state index contributed by atoms with van der Waals surface area (Å²) in [4.78, 5) is 0.0921. The molecule has 0 aromatic heterocycles. The van der Waals surface area contributed by atoms with Gasteiger partial charge in [-0.05, 0) is 43.9 Å². The molecule has 2 N–H and O–H groups in total. The lowest BCUT2D eigenvalue weighted by molar-refractivity contribution is 0.345. The van der Waals surface area contributed by atoms with E-state index in [-0.39, 0.29) is 16.0 Å². The van der Waals surface area contributed by atoms with Crippen LogP contribution in [0, 0.1) is 0 Å². The third kappa shape index (κ3) is 2.97. The van der Waals surface area contributed by atoms with Gasteiger partial charge in [0.1, 0.15) is 4.90 Å². The zero-order valence-electron chi connectivity index (χ0n) is 10.8. The third-order valence-corrected chi connectivity index (χ3v) is 6.22. The minimum atomic E-state index is -3.59. The minimum absolute atomic E-state index is 0.0227. The van der Waals surface area contributed by atoms with E-state index in [1.165, 1.54) is 18.2 Å². The first kappa shape index (κ1) is 14.6. The van der Waals surface area contributed by atoms with Crippen molar-refractivity contribution in [2.75, 3.05) is 0 Å². The van der Waals surface area contributed by atoms with Crippen molar-refractivity contribution in [3.8, 4) is 0 Å². The van der Waals surface area contributed by atoms with Crippen LogP contribution in [0.5, 0.6) is 0 Å². The van der Waals surface area contributed by atoms with E-state index < -0.39 is 10.0 Å². The van der Waals surface area contributed by atoms with E-state index in [0.717, 1.165) is 25.7 Å². The van der Waals surface area contributed by atoms with E-state index in [4.69, 9.17) is 23.2 Å². The highest BCUT2D eigenvalue weighted by Gasteiger charge is 2.35. The predicted octanol–water partition coefficient (Wildman–Crippen LogP) is 2.55. The molecule has 3 rings (SSSR count). The van der Waals surface area contributed by atoms with Gasteiger partial charge in [0, 0.05) is 23.1 Å². The summed E-state index contributed by atoms with van der Waals surface area (Å²) in [7, 11) is -3.59. The normalized spacial score (nSPS) is 29.6. The van der Waals surface area contributed by atoms with E-state index >= 15 is 0 Å². The molecule has 0 radical (unpaired) electrons. The molecule has 0 spiro atoms. The molecule has 2 aliphatic heterocycles. The molecular formula is C13H16Cl2N2O2S. The SMILES string of the molecule is O=S(=O)(NC1CC2CCC(C1)N2)c1ccc(Cl)cc1Cl. The molecule has 2 saturated heterocycles. The Morgan fingerprint density at radius 2 is 1.80 bits per heavy atom. The first-order valence-corrected chi connectivity index (χ1v) is 8.91. The minimum Gasteiger partial charge on any atom is -0.311 e. The van der Waals surface area contributed by atoms with Gasteiger partial charge in [-0.3, -0.25) is 0 Å². The summed E-state index contributed by atoms with van der Waals surface area (Å²) in [5.41, 5.74) is 0. The summed E-state index contributed by atoms with van der Waals surface area (Å²) in [6, 6.07) is 5.27. The average Bonchev–Trinajstić information content (AvgIpc) is 2.67. The molecule has 2 atom stereocenters. The number of rotatable bonds is 3. The molecule has 0 aliphatic carbocycles. The quantitative estimate of drug-likeness (QED) is 0.893. The van der Waals surface area contributed by atoms with Crippen molar-refractivity contribution in [3.05, 3.63) is 28.2 Å². The third-order valence-electron chi connectivity index (χ3n) is 3.98. The molecular weight excluding hydrogens is 319 g/mol. The van der Waals surface area contributed by atoms with Gasteiger partial charge >= 0.3 is 0 Å². The molecule has 1 aromatic rings. The van der Waals surface area contributed by atoms with Crippen LogP contribution < -0.4 is 10.0 Å². The largest absolute Gasteiger partial charge is 0.311 e. The number of benzene rings is 1. The second-order valence-electron chi connectivity index (χ2n) is 5.50. The molecule has 0 amide bonds. The first-order chi connectivity index (χ1) is 9.44. The summed E-state index contributed by atoms with van der Waals surface area (Å²) in [5, 5.41) is 4.07. The Hall–Kier alpha value is -0.330. The highest BCUT2D eigenvalue weighted by atomic mass is 35.5. The molecule has 4 nitrogen and oxygen atoms in total. The van der Waals surface area contributed by atoms with Gasteiger partial charge in [-0.2, -0.15) is 0 Å². The Morgan fingerprint density at radius 3 is 2.40 bits per heavy atom. The number of hydrogen-bond donors (Lipinski definition) is 2. The molecule has 1 aromatic carbocycles. The number of halogens is 2. The van der Waals surface area contributed by atoms with Crippen molar-refractivity contribution >= 4 is 33.2 Å². The highest BCUT2D eigenvalue weighted by molar-refractivity contribution is 7.89. The standard InChI is InChI=1S/C13H16Cl2N2O2S/c14-8-1-4-13(12(15)5-8)20(18,19)17-11-6-9-2-3-10(7-11)16-9/h1,4-5,9-11,16-17H,2-3,6-7H2.